The van der Waals surface area contributed by atoms with Crippen LogP contribution in [0.25, 0.3) is 11.3 Å². The molecule has 1 aliphatic rings. The Balaban J connectivity index is 1.90. The van der Waals surface area contributed by atoms with Gasteiger partial charge in [0.05, 0.1) is 11.4 Å². The second-order valence-corrected chi connectivity index (χ2v) is 6.58. The molecule has 25 heavy (non-hydrogen) atoms. The number of carbonyl (C=O) groups excluding carboxylic acids is 1. The standard InChI is InChI=1S/C21H19FN2O/c1-14-6-4-8-16(12-14)21(25)24-20(15-7-5-9-17(22)13-15)18-10-2-3-11-19(18)23-24/h4-9,12-13H,2-3,10-11H2,1H3. The Morgan fingerprint density at radius 3 is 2.68 bits per heavy atom. The lowest BCUT2D eigenvalue weighted by Crippen LogP contribution is -2.15. The minimum absolute atomic E-state index is 0.169. The van der Waals surface area contributed by atoms with Gasteiger partial charge in [0.2, 0.25) is 0 Å². The molecule has 4 heteroatoms. The molecule has 0 fully saturated rings. The van der Waals surface area contributed by atoms with Crippen molar-refractivity contribution in [1.82, 2.24) is 9.78 Å². The van der Waals surface area contributed by atoms with Gasteiger partial charge in [0.25, 0.3) is 5.91 Å². The lowest BCUT2D eigenvalue weighted by Gasteiger charge is -2.12. The molecule has 0 unspecified atom stereocenters. The van der Waals surface area contributed by atoms with Gasteiger partial charge in [-0.2, -0.15) is 9.78 Å². The summed E-state index contributed by atoms with van der Waals surface area (Å²) in [5.74, 6) is -0.477. The maximum absolute atomic E-state index is 13.8. The van der Waals surface area contributed by atoms with E-state index < -0.39 is 0 Å². The van der Waals surface area contributed by atoms with Crippen molar-refractivity contribution in [3.63, 3.8) is 0 Å². The molecule has 1 aromatic heterocycles. The Hall–Kier alpha value is -2.75. The fraction of sp³-hybridized carbons (Fsp3) is 0.238. The molecule has 0 N–H and O–H groups in total. The number of rotatable bonds is 2. The zero-order valence-corrected chi connectivity index (χ0v) is 14.1. The minimum atomic E-state index is -0.308. The van der Waals surface area contributed by atoms with E-state index in [0.717, 1.165) is 48.2 Å². The zero-order chi connectivity index (χ0) is 17.4. The van der Waals surface area contributed by atoms with Crippen LogP contribution in [-0.2, 0) is 12.8 Å². The van der Waals surface area contributed by atoms with Crippen LogP contribution in [0, 0.1) is 12.7 Å². The fourth-order valence-electron chi connectivity index (χ4n) is 3.53. The summed E-state index contributed by atoms with van der Waals surface area (Å²) in [7, 11) is 0. The summed E-state index contributed by atoms with van der Waals surface area (Å²) in [5, 5.41) is 4.61. The largest absolute Gasteiger partial charge is 0.278 e. The topological polar surface area (TPSA) is 34.9 Å². The fourth-order valence-corrected chi connectivity index (χ4v) is 3.53. The second-order valence-electron chi connectivity index (χ2n) is 6.58. The van der Waals surface area contributed by atoms with E-state index in [1.165, 1.54) is 16.8 Å². The number of aromatic nitrogens is 2. The summed E-state index contributed by atoms with van der Waals surface area (Å²) in [5.41, 5.74) is 5.11. The molecule has 0 aliphatic heterocycles. The lowest BCUT2D eigenvalue weighted by atomic mass is 9.93. The number of hydrogen-bond acceptors (Lipinski definition) is 2. The molecule has 0 saturated carbocycles. The number of halogens is 1. The molecule has 1 heterocycles. The van der Waals surface area contributed by atoms with Gasteiger partial charge in [-0.1, -0.05) is 29.8 Å². The van der Waals surface area contributed by atoms with Crippen LogP contribution in [0.15, 0.2) is 48.5 Å². The SMILES string of the molecule is Cc1cccc(C(=O)n2nc3c(c2-c2cccc(F)c2)CCCC3)c1. The smallest absolute Gasteiger partial charge is 0.267 e. The Labute approximate surface area is 146 Å². The van der Waals surface area contributed by atoms with Gasteiger partial charge in [0.15, 0.2) is 0 Å². The maximum Gasteiger partial charge on any atom is 0.278 e. The first-order valence-electron chi connectivity index (χ1n) is 8.61. The average molecular weight is 334 g/mol. The van der Waals surface area contributed by atoms with Gasteiger partial charge in [-0.3, -0.25) is 4.79 Å². The van der Waals surface area contributed by atoms with E-state index in [9.17, 15) is 9.18 Å². The molecule has 1 aliphatic carbocycles. The van der Waals surface area contributed by atoms with Crippen molar-refractivity contribution in [1.29, 1.82) is 0 Å². The normalized spacial score (nSPS) is 13.5. The van der Waals surface area contributed by atoms with Crippen LogP contribution >= 0.6 is 0 Å². The highest BCUT2D eigenvalue weighted by atomic mass is 19.1. The van der Waals surface area contributed by atoms with Crippen molar-refractivity contribution in [3.8, 4) is 11.3 Å². The predicted molar refractivity (Wildman–Crippen MR) is 95.2 cm³/mol. The molecule has 126 valence electrons. The van der Waals surface area contributed by atoms with Crippen LogP contribution in [0.1, 0.15) is 40.0 Å². The summed E-state index contributed by atoms with van der Waals surface area (Å²) in [6.45, 7) is 1.96. The maximum atomic E-state index is 13.8. The van der Waals surface area contributed by atoms with E-state index in [1.807, 2.05) is 31.2 Å². The van der Waals surface area contributed by atoms with E-state index >= 15 is 0 Å². The molecule has 4 rings (SSSR count). The van der Waals surface area contributed by atoms with Crippen LogP contribution in [0.2, 0.25) is 0 Å². The van der Waals surface area contributed by atoms with E-state index in [1.54, 1.807) is 12.1 Å². The molecule has 0 atom stereocenters. The second kappa shape index (κ2) is 6.28. The quantitative estimate of drug-likeness (QED) is 0.688. The van der Waals surface area contributed by atoms with Crippen molar-refractivity contribution >= 4 is 5.91 Å². The van der Waals surface area contributed by atoms with Crippen LogP contribution in [-0.4, -0.2) is 15.7 Å². The third-order valence-electron chi connectivity index (χ3n) is 4.71. The highest BCUT2D eigenvalue weighted by Gasteiger charge is 2.25. The van der Waals surface area contributed by atoms with Gasteiger partial charge in [0, 0.05) is 16.7 Å². The molecule has 0 saturated heterocycles. The summed E-state index contributed by atoms with van der Waals surface area (Å²) < 4.78 is 15.3. The Morgan fingerprint density at radius 1 is 1.08 bits per heavy atom. The number of fused-ring (bicyclic) bond motifs is 1. The van der Waals surface area contributed by atoms with Crippen LogP contribution in [0.4, 0.5) is 4.39 Å². The number of hydrogen-bond donors (Lipinski definition) is 0. The average Bonchev–Trinajstić information content (AvgIpc) is 3.00. The van der Waals surface area contributed by atoms with E-state index in [0.29, 0.717) is 11.1 Å². The molecule has 0 bridgehead atoms. The molecule has 3 nitrogen and oxygen atoms in total. The Morgan fingerprint density at radius 2 is 1.88 bits per heavy atom. The first kappa shape index (κ1) is 15.8. The molecular formula is C21H19FN2O. The monoisotopic (exact) mass is 334 g/mol. The highest BCUT2D eigenvalue weighted by molar-refractivity contribution is 5.98. The Bertz CT molecular complexity index is 958. The minimum Gasteiger partial charge on any atom is -0.267 e. The summed E-state index contributed by atoms with van der Waals surface area (Å²) in [6.07, 6.45) is 3.89. The van der Waals surface area contributed by atoms with Gasteiger partial charge >= 0.3 is 0 Å². The number of aryl methyl sites for hydroxylation is 2. The summed E-state index contributed by atoms with van der Waals surface area (Å²) in [4.78, 5) is 13.1. The number of carbonyl (C=O) groups is 1. The third kappa shape index (κ3) is 2.88. The van der Waals surface area contributed by atoms with Gasteiger partial charge in [-0.15, -0.1) is 0 Å². The summed E-state index contributed by atoms with van der Waals surface area (Å²) in [6, 6.07) is 13.9. The number of benzene rings is 2. The van der Waals surface area contributed by atoms with Gasteiger partial charge in [-0.25, -0.2) is 4.39 Å². The highest BCUT2D eigenvalue weighted by Crippen LogP contribution is 2.32. The van der Waals surface area contributed by atoms with Crippen molar-refractivity contribution in [2.45, 2.75) is 32.6 Å². The molecule has 0 spiro atoms. The van der Waals surface area contributed by atoms with Crippen LogP contribution in [0.5, 0.6) is 0 Å². The molecule has 0 radical (unpaired) electrons. The van der Waals surface area contributed by atoms with Crippen molar-refractivity contribution < 1.29 is 9.18 Å². The van der Waals surface area contributed by atoms with Gasteiger partial charge in [0.1, 0.15) is 5.82 Å². The van der Waals surface area contributed by atoms with E-state index in [2.05, 4.69) is 5.10 Å². The van der Waals surface area contributed by atoms with Gasteiger partial charge < -0.3 is 0 Å². The summed E-state index contributed by atoms with van der Waals surface area (Å²) >= 11 is 0. The van der Waals surface area contributed by atoms with Crippen LogP contribution < -0.4 is 0 Å². The van der Waals surface area contributed by atoms with Crippen LogP contribution in [0.3, 0.4) is 0 Å². The molecular weight excluding hydrogens is 315 g/mol. The first-order valence-corrected chi connectivity index (χ1v) is 8.61. The van der Waals surface area contributed by atoms with E-state index in [-0.39, 0.29) is 11.7 Å². The molecule has 3 aromatic rings. The van der Waals surface area contributed by atoms with Crippen molar-refractivity contribution in [2.24, 2.45) is 0 Å². The molecule has 2 aromatic carbocycles. The number of nitrogens with zero attached hydrogens (tertiary/aromatic N) is 2. The van der Waals surface area contributed by atoms with Crippen molar-refractivity contribution in [3.05, 3.63) is 76.7 Å². The predicted octanol–water partition coefficient (Wildman–Crippen LogP) is 4.56. The molecule has 0 amide bonds. The zero-order valence-electron chi connectivity index (χ0n) is 14.1. The lowest BCUT2D eigenvalue weighted by molar-refractivity contribution is 0.0946. The first-order chi connectivity index (χ1) is 12.1. The van der Waals surface area contributed by atoms with E-state index in [4.69, 9.17) is 0 Å². The Kier molecular flexibility index (Phi) is 3.96. The van der Waals surface area contributed by atoms with Crippen molar-refractivity contribution in [2.75, 3.05) is 0 Å². The van der Waals surface area contributed by atoms with Gasteiger partial charge in [-0.05, 0) is 56.9 Å². The third-order valence-corrected chi connectivity index (χ3v) is 4.71.